The summed E-state index contributed by atoms with van der Waals surface area (Å²) in [6.45, 7) is 40.9. The van der Waals surface area contributed by atoms with Gasteiger partial charge in [-0.15, -0.1) is 0 Å². The Morgan fingerprint density at radius 2 is 0.919 bits per heavy atom. The topological polar surface area (TPSA) is 52.0 Å². The predicted octanol–water partition coefficient (Wildman–Crippen LogP) is 12.8. The van der Waals surface area contributed by atoms with Crippen molar-refractivity contribution in [3.05, 3.63) is 0 Å². The van der Waals surface area contributed by atoms with Crippen molar-refractivity contribution < 1.29 is 0 Å². The summed E-state index contributed by atoms with van der Waals surface area (Å²) < 4.78 is 0. The van der Waals surface area contributed by atoms with E-state index in [0.717, 1.165) is 42.4 Å². The lowest BCUT2D eigenvalue weighted by atomic mass is 9.71. The summed E-state index contributed by atoms with van der Waals surface area (Å²) >= 11 is 0. The molecule has 1 unspecified atom stereocenters. The van der Waals surface area contributed by atoms with E-state index < -0.39 is 0 Å². The van der Waals surface area contributed by atoms with Gasteiger partial charge < -0.3 is 11.5 Å². The van der Waals surface area contributed by atoms with Gasteiger partial charge in [0.25, 0.3) is 0 Å². The van der Waals surface area contributed by atoms with E-state index in [4.69, 9.17) is 5.73 Å². The molecule has 0 amide bonds. The fraction of sp³-hybridized carbons (Fsp3) is 1.00. The molecule has 0 saturated heterocycles. The van der Waals surface area contributed by atoms with E-state index in [1.165, 1.54) is 52.0 Å². The van der Waals surface area contributed by atoms with Crippen LogP contribution in [-0.2, 0) is 0 Å². The maximum Gasteiger partial charge on any atom is 0.00335 e. The quantitative estimate of drug-likeness (QED) is 0.340. The molecular formula is C35H88N2. The molecule has 1 aliphatic carbocycles. The summed E-state index contributed by atoms with van der Waals surface area (Å²) in [5.41, 5.74) is 9.97. The first-order chi connectivity index (χ1) is 17.6. The molecule has 1 aliphatic rings. The van der Waals surface area contributed by atoms with E-state index in [1.54, 1.807) is 0 Å². The Kier molecular flexibility index (Phi) is 93.0. The van der Waals surface area contributed by atoms with Crippen LogP contribution in [0.4, 0.5) is 0 Å². The van der Waals surface area contributed by atoms with Crippen LogP contribution in [0.1, 0.15) is 189 Å². The monoisotopic (exact) mass is 537 g/mol. The van der Waals surface area contributed by atoms with Gasteiger partial charge in [0, 0.05) is 6.04 Å². The maximum atomic E-state index is 5.47. The maximum absolute atomic E-state index is 5.47. The molecule has 0 bridgehead atoms. The molecule has 1 fully saturated rings. The van der Waals surface area contributed by atoms with Crippen molar-refractivity contribution in [2.75, 3.05) is 7.05 Å². The highest BCUT2D eigenvalue weighted by atomic mass is 14.6. The van der Waals surface area contributed by atoms with Gasteiger partial charge in [0.1, 0.15) is 0 Å². The van der Waals surface area contributed by atoms with Crippen molar-refractivity contribution >= 4 is 0 Å². The van der Waals surface area contributed by atoms with Gasteiger partial charge in [-0.25, -0.2) is 0 Å². The molecule has 0 spiro atoms. The van der Waals surface area contributed by atoms with Crippen molar-refractivity contribution in [3.63, 3.8) is 0 Å². The van der Waals surface area contributed by atoms with Crippen LogP contribution in [0.2, 0.25) is 0 Å². The van der Waals surface area contributed by atoms with Crippen molar-refractivity contribution in [1.29, 1.82) is 0 Å². The second-order valence-electron chi connectivity index (χ2n) is 9.77. The lowest BCUT2D eigenvalue weighted by molar-refractivity contribution is 0.156. The van der Waals surface area contributed by atoms with Crippen LogP contribution in [-0.4, -0.2) is 13.1 Å². The Bertz CT molecular complexity index is 252. The van der Waals surface area contributed by atoms with Gasteiger partial charge in [-0.2, -0.15) is 0 Å². The van der Waals surface area contributed by atoms with Gasteiger partial charge in [0.05, 0.1) is 0 Å². The zero-order valence-corrected chi connectivity index (χ0v) is 31.0. The predicted molar refractivity (Wildman–Crippen MR) is 185 cm³/mol. The van der Waals surface area contributed by atoms with Crippen molar-refractivity contribution in [3.8, 4) is 0 Å². The number of hydrogen-bond donors (Lipinski definition) is 2. The smallest absolute Gasteiger partial charge is 0.00335 e. The van der Waals surface area contributed by atoms with Crippen molar-refractivity contribution in [2.45, 2.75) is 195 Å². The fourth-order valence-corrected chi connectivity index (χ4v) is 3.18. The standard InChI is InChI=1S/C9H20.C8H16.C5H13N.2C3H8.3C2H6.CH5N/c1-5-7-9(6-2)8(3)4;1-6(2)8-4-7(3)5-8;1-3-5(6)4-2;2*1-3-2;4*1-2/h8-9H,5-7H2,1-4H3;6-8H,4-5H2,1-3H3;5H,3-4,6H2,1-2H3;2*3H2,1-2H3;3*1-2H3;2H2,1H3. The fourth-order valence-electron chi connectivity index (χ4n) is 3.18. The summed E-state index contributed by atoms with van der Waals surface area (Å²) in [5.74, 6) is 4.88. The van der Waals surface area contributed by atoms with Crippen LogP contribution < -0.4 is 11.5 Å². The van der Waals surface area contributed by atoms with Gasteiger partial charge in [-0.05, 0) is 62.3 Å². The third-order valence-corrected chi connectivity index (χ3v) is 5.53. The summed E-state index contributed by atoms with van der Waals surface area (Å²) in [6, 6.07) is 0.435. The van der Waals surface area contributed by atoms with Crippen LogP contribution in [0.3, 0.4) is 0 Å². The molecule has 1 saturated carbocycles. The van der Waals surface area contributed by atoms with E-state index in [9.17, 15) is 0 Å². The molecule has 2 nitrogen and oxygen atoms in total. The lowest BCUT2D eigenvalue weighted by Gasteiger charge is -2.35. The Morgan fingerprint density at radius 1 is 0.622 bits per heavy atom. The Labute approximate surface area is 243 Å². The van der Waals surface area contributed by atoms with Crippen LogP contribution in [0.5, 0.6) is 0 Å². The Balaban J connectivity index is -0.0000000461. The molecule has 2 heteroatoms. The Morgan fingerprint density at radius 3 is 0.973 bits per heavy atom. The first-order valence-corrected chi connectivity index (χ1v) is 16.9. The van der Waals surface area contributed by atoms with Gasteiger partial charge in [0.2, 0.25) is 0 Å². The average Bonchev–Trinajstić information content (AvgIpc) is 2.91. The van der Waals surface area contributed by atoms with Crippen LogP contribution in [0.25, 0.3) is 0 Å². The van der Waals surface area contributed by atoms with E-state index in [1.807, 2.05) is 41.5 Å². The summed E-state index contributed by atoms with van der Waals surface area (Å²) in [5, 5.41) is 0. The molecule has 1 rings (SSSR count). The SMILES string of the molecule is CC.CC.CC.CC1CC(C(C)C)C1.CCC.CCC.CCC(N)CC.CCCC(CC)C(C)C.CN. The van der Waals surface area contributed by atoms with Crippen molar-refractivity contribution in [2.24, 2.45) is 41.1 Å². The summed E-state index contributed by atoms with van der Waals surface area (Å²) in [6.07, 6.45) is 11.8. The number of nitrogens with two attached hydrogens (primary N) is 2. The molecule has 0 aromatic carbocycles. The molecule has 1 atom stereocenters. The van der Waals surface area contributed by atoms with Gasteiger partial charge >= 0.3 is 0 Å². The van der Waals surface area contributed by atoms with Crippen LogP contribution in [0.15, 0.2) is 0 Å². The molecule has 0 aromatic heterocycles. The normalized spacial score (nSPS) is 14.8. The van der Waals surface area contributed by atoms with E-state index in [-0.39, 0.29) is 0 Å². The van der Waals surface area contributed by atoms with Gasteiger partial charge in [-0.3, -0.25) is 0 Å². The highest BCUT2D eigenvalue weighted by molar-refractivity contribution is 4.77. The minimum atomic E-state index is 0.435. The minimum Gasteiger partial charge on any atom is -0.333 e. The second kappa shape index (κ2) is 60.4. The molecule has 37 heavy (non-hydrogen) atoms. The zero-order valence-electron chi connectivity index (χ0n) is 31.0. The molecule has 238 valence electrons. The summed E-state index contributed by atoms with van der Waals surface area (Å²) in [4.78, 5) is 0. The number of hydrogen-bond acceptors (Lipinski definition) is 2. The molecular weight excluding hydrogens is 448 g/mol. The average molecular weight is 537 g/mol. The first kappa shape index (κ1) is 57.0. The highest BCUT2D eigenvalue weighted by Crippen LogP contribution is 2.37. The summed E-state index contributed by atoms with van der Waals surface area (Å²) in [7, 11) is 1.50. The molecule has 0 heterocycles. The molecule has 0 aliphatic heterocycles. The first-order valence-electron chi connectivity index (χ1n) is 16.9. The Hall–Kier alpha value is -0.0800. The van der Waals surface area contributed by atoms with Crippen LogP contribution >= 0.6 is 0 Å². The third-order valence-electron chi connectivity index (χ3n) is 5.53. The van der Waals surface area contributed by atoms with Gasteiger partial charge in [0.15, 0.2) is 0 Å². The lowest BCUT2D eigenvalue weighted by Crippen LogP contribution is -2.25. The zero-order chi connectivity index (χ0) is 31.8. The molecule has 0 radical (unpaired) electrons. The second-order valence-corrected chi connectivity index (χ2v) is 9.77. The minimum absolute atomic E-state index is 0.435. The van der Waals surface area contributed by atoms with Crippen LogP contribution in [0, 0.1) is 29.6 Å². The van der Waals surface area contributed by atoms with E-state index >= 15 is 0 Å². The van der Waals surface area contributed by atoms with E-state index in [2.05, 4.69) is 95.7 Å². The molecule has 0 aromatic rings. The highest BCUT2D eigenvalue weighted by Gasteiger charge is 2.27. The van der Waals surface area contributed by atoms with Crippen molar-refractivity contribution in [1.82, 2.24) is 0 Å². The molecule has 4 N–H and O–H groups in total. The third kappa shape index (κ3) is 66.6. The van der Waals surface area contributed by atoms with E-state index in [0.29, 0.717) is 6.04 Å². The number of rotatable bonds is 7. The van der Waals surface area contributed by atoms with Gasteiger partial charge in [-0.1, -0.05) is 164 Å². The largest absolute Gasteiger partial charge is 0.333 e.